The zero-order chi connectivity index (χ0) is 19.5. The summed E-state index contributed by atoms with van der Waals surface area (Å²) in [7, 11) is -7.95. The number of anilines is 1. The summed E-state index contributed by atoms with van der Waals surface area (Å²) in [5.41, 5.74) is 3.10. The van der Waals surface area contributed by atoms with Gasteiger partial charge in [0, 0.05) is 0 Å². The van der Waals surface area contributed by atoms with Gasteiger partial charge in [0.1, 0.15) is 4.90 Å². The summed E-state index contributed by atoms with van der Waals surface area (Å²) in [5, 5.41) is 6.12. The highest BCUT2D eigenvalue weighted by Gasteiger charge is 2.16. The third-order valence-corrected chi connectivity index (χ3v) is 6.18. The summed E-state index contributed by atoms with van der Waals surface area (Å²) in [5.74, 6) is 0. The van der Waals surface area contributed by atoms with Crippen LogP contribution in [0.4, 0.5) is 5.69 Å². The van der Waals surface area contributed by atoms with Crippen LogP contribution in [0.3, 0.4) is 0 Å². The molecule has 2 aromatic carbocycles. The van der Waals surface area contributed by atoms with Gasteiger partial charge in [-0.3, -0.25) is 4.72 Å². The first-order valence-corrected chi connectivity index (χ1v) is 11.5. The van der Waals surface area contributed by atoms with Crippen LogP contribution in [0.25, 0.3) is 11.6 Å². The molecule has 0 unspecified atom stereocenters. The Morgan fingerprint density at radius 1 is 0.963 bits per heavy atom. The first kappa shape index (κ1) is 19.3. The minimum absolute atomic E-state index is 0.0897. The SMILES string of the molecule is NS(=O)(=O)c1ccccc1NS(=O)(=O)/C=C/c1ccc(C2=CCCC2)cc1. The van der Waals surface area contributed by atoms with E-state index in [4.69, 9.17) is 5.14 Å². The average Bonchev–Trinajstić information content (AvgIpc) is 3.14. The molecular formula is C19H20N2O4S2. The Kier molecular flexibility index (Phi) is 5.50. The van der Waals surface area contributed by atoms with E-state index in [1.807, 2.05) is 24.3 Å². The molecule has 0 spiro atoms. The molecule has 0 fully saturated rings. The number of para-hydroxylation sites is 1. The molecule has 8 heteroatoms. The molecule has 0 heterocycles. The van der Waals surface area contributed by atoms with E-state index in [2.05, 4.69) is 10.8 Å². The second kappa shape index (κ2) is 7.67. The highest BCUT2D eigenvalue weighted by molar-refractivity contribution is 7.95. The van der Waals surface area contributed by atoms with E-state index in [9.17, 15) is 16.8 Å². The van der Waals surface area contributed by atoms with Crippen molar-refractivity contribution < 1.29 is 16.8 Å². The molecule has 2 aromatic rings. The average molecular weight is 405 g/mol. The van der Waals surface area contributed by atoms with Crippen LogP contribution in [0.1, 0.15) is 30.4 Å². The Morgan fingerprint density at radius 2 is 1.67 bits per heavy atom. The number of rotatable bonds is 6. The third kappa shape index (κ3) is 5.06. The lowest BCUT2D eigenvalue weighted by atomic mass is 10.0. The van der Waals surface area contributed by atoms with E-state index in [-0.39, 0.29) is 10.6 Å². The largest absolute Gasteiger partial charge is 0.279 e. The number of hydrogen-bond donors (Lipinski definition) is 2. The molecule has 0 atom stereocenters. The van der Waals surface area contributed by atoms with Gasteiger partial charge in [0.15, 0.2) is 0 Å². The maximum Gasteiger partial charge on any atom is 0.255 e. The second-order valence-electron chi connectivity index (χ2n) is 6.23. The van der Waals surface area contributed by atoms with E-state index in [1.165, 1.54) is 42.3 Å². The van der Waals surface area contributed by atoms with Crippen molar-refractivity contribution in [2.45, 2.75) is 24.2 Å². The lowest BCUT2D eigenvalue weighted by Gasteiger charge is -2.09. The first-order valence-electron chi connectivity index (χ1n) is 8.37. The van der Waals surface area contributed by atoms with Gasteiger partial charge < -0.3 is 0 Å². The highest BCUT2D eigenvalue weighted by atomic mass is 32.2. The molecular weight excluding hydrogens is 384 g/mol. The van der Waals surface area contributed by atoms with Gasteiger partial charge in [-0.15, -0.1) is 0 Å². The number of allylic oxidation sites excluding steroid dienone is 2. The molecule has 1 aliphatic carbocycles. The standard InChI is InChI=1S/C19H20N2O4S2/c20-27(24,25)19-8-4-3-7-18(19)21-26(22,23)14-13-15-9-11-17(12-10-15)16-5-1-2-6-16/h3-5,7-14,21H,1-2,6H2,(H2,20,24,25)/b14-13+. The third-order valence-electron chi connectivity index (χ3n) is 4.21. The van der Waals surface area contributed by atoms with Crippen LogP contribution in [0, 0.1) is 0 Å². The maximum atomic E-state index is 12.3. The Balaban J connectivity index is 1.77. The van der Waals surface area contributed by atoms with E-state index in [0.717, 1.165) is 29.4 Å². The van der Waals surface area contributed by atoms with Gasteiger partial charge in [-0.05, 0) is 54.2 Å². The maximum absolute atomic E-state index is 12.3. The smallest absolute Gasteiger partial charge is 0.255 e. The van der Waals surface area contributed by atoms with Crippen molar-refractivity contribution in [1.82, 2.24) is 0 Å². The molecule has 0 saturated heterocycles. The van der Waals surface area contributed by atoms with Crippen LogP contribution in [-0.2, 0) is 20.0 Å². The summed E-state index contributed by atoms with van der Waals surface area (Å²) in [6.45, 7) is 0. The van der Waals surface area contributed by atoms with Crippen molar-refractivity contribution in [2.75, 3.05) is 4.72 Å². The van der Waals surface area contributed by atoms with Crippen LogP contribution in [0.15, 0.2) is 64.9 Å². The number of sulfonamides is 2. The van der Waals surface area contributed by atoms with Crippen molar-refractivity contribution in [3.8, 4) is 0 Å². The summed E-state index contributed by atoms with van der Waals surface area (Å²) in [4.78, 5) is -0.281. The van der Waals surface area contributed by atoms with Gasteiger partial charge in [0.05, 0.1) is 11.1 Å². The van der Waals surface area contributed by atoms with Crippen LogP contribution >= 0.6 is 0 Å². The minimum Gasteiger partial charge on any atom is -0.279 e. The quantitative estimate of drug-likeness (QED) is 0.770. The number of hydrogen-bond acceptors (Lipinski definition) is 4. The van der Waals surface area contributed by atoms with E-state index >= 15 is 0 Å². The van der Waals surface area contributed by atoms with Crippen molar-refractivity contribution in [3.05, 3.63) is 71.1 Å². The fourth-order valence-electron chi connectivity index (χ4n) is 2.90. The molecule has 3 N–H and O–H groups in total. The number of benzene rings is 2. The fourth-order valence-corrected chi connectivity index (χ4v) is 4.54. The van der Waals surface area contributed by atoms with Crippen molar-refractivity contribution in [2.24, 2.45) is 5.14 Å². The molecule has 0 saturated carbocycles. The van der Waals surface area contributed by atoms with Gasteiger partial charge >= 0.3 is 0 Å². The van der Waals surface area contributed by atoms with Gasteiger partial charge in [0.25, 0.3) is 10.0 Å². The monoisotopic (exact) mass is 404 g/mol. The van der Waals surface area contributed by atoms with Gasteiger partial charge in [-0.2, -0.15) is 0 Å². The molecule has 1 aliphatic rings. The van der Waals surface area contributed by atoms with Gasteiger partial charge in [-0.1, -0.05) is 42.5 Å². The van der Waals surface area contributed by atoms with Crippen LogP contribution in [0.5, 0.6) is 0 Å². The van der Waals surface area contributed by atoms with Crippen molar-refractivity contribution >= 4 is 37.4 Å². The fraction of sp³-hybridized carbons (Fsp3) is 0.158. The number of primary sulfonamides is 1. The van der Waals surface area contributed by atoms with Crippen molar-refractivity contribution in [1.29, 1.82) is 0 Å². The summed E-state index contributed by atoms with van der Waals surface area (Å²) < 4.78 is 50.0. The van der Waals surface area contributed by atoms with E-state index in [0.29, 0.717) is 0 Å². The predicted octanol–water partition coefficient (Wildman–Crippen LogP) is 3.31. The van der Waals surface area contributed by atoms with Gasteiger partial charge in [-0.25, -0.2) is 22.0 Å². The molecule has 0 radical (unpaired) electrons. The number of nitrogens with one attached hydrogen (secondary N) is 1. The summed E-state index contributed by atoms with van der Waals surface area (Å²) >= 11 is 0. The summed E-state index contributed by atoms with van der Waals surface area (Å²) in [6.07, 6.45) is 7.01. The molecule has 0 amide bonds. The lowest BCUT2D eigenvalue weighted by molar-refractivity contribution is 0.598. The zero-order valence-corrected chi connectivity index (χ0v) is 16.1. The summed E-state index contributed by atoms with van der Waals surface area (Å²) in [6, 6.07) is 13.2. The van der Waals surface area contributed by atoms with E-state index in [1.54, 1.807) is 0 Å². The Hall–Kier alpha value is -2.42. The normalized spacial score (nSPS) is 15.1. The van der Waals surface area contributed by atoms with Crippen LogP contribution < -0.4 is 9.86 Å². The molecule has 0 aromatic heterocycles. The predicted molar refractivity (Wildman–Crippen MR) is 108 cm³/mol. The Labute approximate surface area is 159 Å². The molecule has 6 nitrogen and oxygen atoms in total. The minimum atomic E-state index is -4.04. The van der Waals surface area contributed by atoms with Crippen LogP contribution in [0.2, 0.25) is 0 Å². The Morgan fingerprint density at radius 3 is 2.30 bits per heavy atom. The highest BCUT2D eigenvalue weighted by Crippen LogP contribution is 2.27. The molecule has 142 valence electrons. The van der Waals surface area contributed by atoms with Gasteiger partial charge in [0.2, 0.25) is 10.0 Å². The number of nitrogens with two attached hydrogens (primary N) is 1. The van der Waals surface area contributed by atoms with Crippen LogP contribution in [-0.4, -0.2) is 16.8 Å². The first-order chi connectivity index (χ1) is 12.7. The second-order valence-corrected chi connectivity index (χ2v) is 9.33. The van der Waals surface area contributed by atoms with E-state index < -0.39 is 20.0 Å². The Bertz CT molecular complexity index is 1100. The lowest BCUT2D eigenvalue weighted by Crippen LogP contribution is -2.17. The molecule has 3 rings (SSSR count). The molecule has 0 bridgehead atoms. The zero-order valence-electron chi connectivity index (χ0n) is 14.5. The topological polar surface area (TPSA) is 106 Å². The van der Waals surface area contributed by atoms with Crippen molar-refractivity contribution in [3.63, 3.8) is 0 Å². The molecule has 0 aliphatic heterocycles. The molecule has 27 heavy (non-hydrogen) atoms.